The van der Waals surface area contributed by atoms with Crippen molar-refractivity contribution in [2.24, 2.45) is 4.99 Å². The SMILES string of the molecule is O=C(N=C1SC(=Cc2ccc(Cl)cc2)C(=O)N1c1ccccc1)c1ccccc1. The molecule has 4 nitrogen and oxygen atoms in total. The van der Waals surface area contributed by atoms with E-state index in [1.165, 1.54) is 16.7 Å². The molecule has 142 valence electrons. The van der Waals surface area contributed by atoms with Gasteiger partial charge < -0.3 is 0 Å². The van der Waals surface area contributed by atoms with Crippen molar-refractivity contribution in [3.05, 3.63) is 106 Å². The monoisotopic (exact) mass is 418 g/mol. The largest absolute Gasteiger partial charge is 0.279 e. The molecule has 1 heterocycles. The lowest BCUT2D eigenvalue weighted by atomic mass is 10.2. The highest BCUT2D eigenvalue weighted by molar-refractivity contribution is 8.19. The second-order valence-electron chi connectivity index (χ2n) is 6.20. The Morgan fingerprint density at radius 3 is 2.17 bits per heavy atom. The van der Waals surface area contributed by atoms with Crippen LogP contribution in [0.15, 0.2) is 94.8 Å². The maximum absolute atomic E-state index is 13.1. The third-order valence-electron chi connectivity index (χ3n) is 4.21. The average Bonchev–Trinajstić information content (AvgIpc) is 3.05. The van der Waals surface area contributed by atoms with E-state index in [2.05, 4.69) is 4.99 Å². The Morgan fingerprint density at radius 1 is 0.897 bits per heavy atom. The smallest absolute Gasteiger partial charge is 0.268 e. The van der Waals surface area contributed by atoms with Crippen molar-refractivity contribution in [3.63, 3.8) is 0 Å². The van der Waals surface area contributed by atoms with Crippen molar-refractivity contribution < 1.29 is 9.59 Å². The molecule has 1 aliphatic rings. The molecule has 1 saturated heterocycles. The van der Waals surface area contributed by atoms with Gasteiger partial charge in [0, 0.05) is 10.6 Å². The Hall–Kier alpha value is -3.15. The molecule has 0 spiro atoms. The van der Waals surface area contributed by atoms with Gasteiger partial charge in [-0.2, -0.15) is 4.99 Å². The molecule has 3 aromatic carbocycles. The molecule has 0 atom stereocenters. The number of benzene rings is 3. The number of hydrogen-bond acceptors (Lipinski definition) is 3. The molecule has 3 aromatic rings. The molecule has 0 aromatic heterocycles. The van der Waals surface area contributed by atoms with E-state index < -0.39 is 5.91 Å². The summed E-state index contributed by atoms with van der Waals surface area (Å²) in [5.74, 6) is -0.620. The third-order valence-corrected chi connectivity index (χ3v) is 5.43. The molecule has 0 unspecified atom stereocenters. The van der Waals surface area contributed by atoms with Crippen LogP contribution in [0.4, 0.5) is 5.69 Å². The first-order valence-electron chi connectivity index (χ1n) is 8.84. The fourth-order valence-corrected chi connectivity index (χ4v) is 3.90. The Balaban J connectivity index is 1.73. The highest BCUT2D eigenvalue weighted by Crippen LogP contribution is 2.36. The zero-order valence-corrected chi connectivity index (χ0v) is 16.7. The number of amides is 2. The van der Waals surface area contributed by atoms with Crippen LogP contribution in [0.5, 0.6) is 0 Å². The summed E-state index contributed by atoms with van der Waals surface area (Å²) < 4.78 is 0. The number of anilines is 1. The first-order chi connectivity index (χ1) is 14.1. The zero-order chi connectivity index (χ0) is 20.2. The van der Waals surface area contributed by atoms with E-state index in [-0.39, 0.29) is 5.91 Å². The van der Waals surface area contributed by atoms with Crippen LogP contribution in [0.2, 0.25) is 5.02 Å². The minimum atomic E-state index is -0.394. The lowest BCUT2D eigenvalue weighted by molar-refractivity contribution is -0.113. The summed E-state index contributed by atoms with van der Waals surface area (Å²) in [7, 11) is 0. The van der Waals surface area contributed by atoms with Gasteiger partial charge in [0.2, 0.25) is 0 Å². The second kappa shape index (κ2) is 8.47. The summed E-state index contributed by atoms with van der Waals surface area (Å²) in [6, 6.07) is 25.2. The van der Waals surface area contributed by atoms with E-state index in [1.807, 2.05) is 48.5 Å². The summed E-state index contributed by atoms with van der Waals surface area (Å²) in [6.07, 6.45) is 1.77. The Morgan fingerprint density at radius 2 is 1.52 bits per heavy atom. The molecule has 1 aliphatic heterocycles. The van der Waals surface area contributed by atoms with Crippen molar-refractivity contribution in [1.82, 2.24) is 0 Å². The van der Waals surface area contributed by atoms with Crippen molar-refractivity contribution in [2.75, 3.05) is 4.90 Å². The number of hydrogen-bond donors (Lipinski definition) is 0. The van der Waals surface area contributed by atoms with Gasteiger partial charge in [-0.3, -0.25) is 14.5 Å². The minimum absolute atomic E-state index is 0.226. The van der Waals surface area contributed by atoms with Gasteiger partial charge in [-0.15, -0.1) is 0 Å². The minimum Gasteiger partial charge on any atom is -0.268 e. The molecule has 1 fully saturated rings. The summed E-state index contributed by atoms with van der Waals surface area (Å²) in [5.41, 5.74) is 1.97. The maximum Gasteiger partial charge on any atom is 0.279 e. The van der Waals surface area contributed by atoms with Crippen LogP contribution < -0.4 is 4.90 Å². The van der Waals surface area contributed by atoms with Gasteiger partial charge in [-0.25, -0.2) is 0 Å². The molecular weight excluding hydrogens is 404 g/mol. The van der Waals surface area contributed by atoms with Crippen molar-refractivity contribution >= 4 is 52.1 Å². The van der Waals surface area contributed by atoms with Gasteiger partial charge in [-0.05, 0) is 59.8 Å². The number of carbonyl (C=O) groups excluding carboxylic acids is 2. The summed E-state index contributed by atoms with van der Waals surface area (Å²) >= 11 is 7.12. The molecule has 0 bridgehead atoms. The molecule has 0 radical (unpaired) electrons. The average molecular weight is 419 g/mol. The Bertz CT molecular complexity index is 1110. The lowest BCUT2D eigenvalue weighted by Gasteiger charge is -2.15. The Labute approximate surface area is 177 Å². The molecule has 4 rings (SSSR count). The number of amidine groups is 1. The second-order valence-corrected chi connectivity index (χ2v) is 7.65. The molecule has 2 amide bonds. The molecule has 29 heavy (non-hydrogen) atoms. The molecule has 0 saturated carbocycles. The lowest BCUT2D eigenvalue weighted by Crippen LogP contribution is -2.29. The van der Waals surface area contributed by atoms with Crippen LogP contribution in [0.3, 0.4) is 0 Å². The topological polar surface area (TPSA) is 49.7 Å². The Kier molecular flexibility index (Phi) is 5.60. The van der Waals surface area contributed by atoms with E-state index in [4.69, 9.17) is 11.6 Å². The van der Waals surface area contributed by atoms with Crippen molar-refractivity contribution in [3.8, 4) is 0 Å². The fourth-order valence-electron chi connectivity index (χ4n) is 2.80. The van der Waals surface area contributed by atoms with Gasteiger partial charge in [0.25, 0.3) is 11.8 Å². The molecule has 0 N–H and O–H groups in total. The van der Waals surface area contributed by atoms with E-state index in [9.17, 15) is 9.59 Å². The van der Waals surface area contributed by atoms with Crippen molar-refractivity contribution in [1.29, 1.82) is 0 Å². The van der Waals surface area contributed by atoms with E-state index >= 15 is 0 Å². The fraction of sp³-hybridized carbons (Fsp3) is 0. The number of thioether (sulfide) groups is 1. The van der Waals surface area contributed by atoms with Gasteiger partial charge in [0.1, 0.15) is 0 Å². The predicted octanol–water partition coefficient (Wildman–Crippen LogP) is 5.66. The normalized spacial score (nSPS) is 16.6. The summed E-state index contributed by atoms with van der Waals surface area (Å²) in [4.78, 5) is 31.9. The highest BCUT2D eigenvalue weighted by Gasteiger charge is 2.35. The van der Waals surface area contributed by atoms with Crippen LogP contribution in [-0.2, 0) is 4.79 Å². The van der Waals surface area contributed by atoms with Crippen LogP contribution in [-0.4, -0.2) is 17.0 Å². The zero-order valence-electron chi connectivity index (χ0n) is 15.2. The molecule has 0 aliphatic carbocycles. The van der Waals surface area contributed by atoms with Gasteiger partial charge in [-0.1, -0.05) is 60.1 Å². The number of nitrogens with zero attached hydrogens (tertiary/aromatic N) is 2. The first kappa shape index (κ1) is 19.2. The van der Waals surface area contributed by atoms with E-state index in [0.717, 1.165) is 5.56 Å². The van der Waals surface area contributed by atoms with E-state index in [0.29, 0.717) is 26.3 Å². The van der Waals surface area contributed by atoms with Crippen LogP contribution >= 0.6 is 23.4 Å². The van der Waals surface area contributed by atoms with Crippen molar-refractivity contribution in [2.45, 2.75) is 0 Å². The highest BCUT2D eigenvalue weighted by atomic mass is 35.5. The van der Waals surface area contributed by atoms with Gasteiger partial charge in [0.05, 0.1) is 10.6 Å². The maximum atomic E-state index is 13.1. The van der Waals surface area contributed by atoms with Gasteiger partial charge in [0.15, 0.2) is 5.17 Å². The van der Waals surface area contributed by atoms with Crippen LogP contribution in [0.25, 0.3) is 6.08 Å². The van der Waals surface area contributed by atoms with E-state index in [1.54, 1.807) is 42.5 Å². The first-order valence-corrected chi connectivity index (χ1v) is 10.0. The van der Waals surface area contributed by atoms with Crippen LogP contribution in [0.1, 0.15) is 15.9 Å². The summed E-state index contributed by atoms with van der Waals surface area (Å²) in [6.45, 7) is 0. The molecule has 6 heteroatoms. The number of para-hydroxylation sites is 1. The number of rotatable bonds is 3. The quantitative estimate of drug-likeness (QED) is 0.516. The third kappa shape index (κ3) is 4.31. The summed E-state index contributed by atoms with van der Waals surface area (Å²) in [5, 5.41) is 0.953. The van der Waals surface area contributed by atoms with Crippen LogP contribution in [0, 0.1) is 0 Å². The molecular formula is C23H15ClN2O2S. The predicted molar refractivity (Wildman–Crippen MR) is 119 cm³/mol. The standard InChI is InChI=1S/C23H15ClN2O2S/c24-18-13-11-16(12-14-18)15-20-22(28)26(19-9-5-2-6-10-19)23(29-20)25-21(27)17-7-3-1-4-8-17/h1-15H. The van der Waals surface area contributed by atoms with Gasteiger partial charge >= 0.3 is 0 Å². The number of aliphatic imine (C=N–C) groups is 1. The number of halogens is 1. The number of carbonyl (C=O) groups is 2.